The number of benzene rings is 1. The largest absolute Gasteiger partial charge is 0.461 e. The van der Waals surface area contributed by atoms with Crippen molar-refractivity contribution in [3.8, 4) is 0 Å². The molecule has 1 N–H and O–H groups in total. The van der Waals surface area contributed by atoms with Crippen LogP contribution in [0.2, 0.25) is 0 Å². The van der Waals surface area contributed by atoms with Crippen LogP contribution >= 0.6 is 0 Å². The predicted molar refractivity (Wildman–Crippen MR) is 74.8 cm³/mol. The molecule has 0 radical (unpaired) electrons. The molecule has 0 aromatic heterocycles. The number of ether oxygens (including phenoxy) is 1. The Labute approximate surface area is 113 Å². The maximum absolute atomic E-state index is 11.2. The fourth-order valence-corrected chi connectivity index (χ4v) is 1.49. The lowest BCUT2D eigenvalue weighted by atomic mass is 10.2. The van der Waals surface area contributed by atoms with Crippen molar-refractivity contribution in [1.82, 2.24) is 0 Å². The smallest absolute Gasteiger partial charge is 0.313 e. The molecule has 4 nitrogen and oxygen atoms in total. The summed E-state index contributed by atoms with van der Waals surface area (Å²) in [5, 5.41) is 3.23. The lowest BCUT2D eigenvalue weighted by Crippen LogP contribution is -2.09. The number of Topliss-reactive ketones (excluding diaryl/α,β-unsaturated/α-hetero) is 1. The van der Waals surface area contributed by atoms with Crippen molar-refractivity contribution in [3.05, 3.63) is 41.6 Å². The SMILES string of the molecule is CC(=O)CC(=O)OCC=C(C)Nc1ccccc1C. The molecule has 0 aliphatic carbocycles. The zero-order valence-corrected chi connectivity index (χ0v) is 11.5. The van der Waals surface area contributed by atoms with Crippen molar-refractivity contribution >= 4 is 17.4 Å². The molecule has 0 atom stereocenters. The molecule has 0 saturated heterocycles. The van der Waals surface area contributed by atoms with Gasteiger partial charge in [0.2, 0.25) is 0 Å². The molecule has 0 saturated carbocycles. The first-order chi connectivity index (χ1) is 8.99. The highest BCUT2D eigenvalue weighted by atomic mass is 16.5. The zero-order chi connectivity index (χ0) is 14.3. The van der Waals surface area contributed by atoms with E-state index in [4.69, 9.17) is 4.74 Å². The molecule has 102 valence electrons. The first kappa shape index (κ1) is 15.0. The highest BCUT2D eigenvalue weighted by molar-refractivity contribution is 5.94. The first-order valence-corrected chi connectivity index (χ1v) is 6.13. The maximum Gasteiger partial charge on any atom is 0.313 e. The fourth-order valence-electron chi connectivity index (χ4n) is 1.49. The van der Waals surface area contributed by atoms with E-state index in [0.717, 1.165) is 16.9 Å². The topological polar surface area (TPSA) is 55.4 Å². The van der Waals surface area contributed by atoms with Gasteiger partial charge in [0.25, 0.3) is 0 Å². The van der Waals surface area contributed by atoms with Gasteiger partial charge in [-0.1, -0.05) is 18.2 Å². The lowest BCUT2D eigenvalue weighted by Gasteiger charge is -2.09. The number of aryl methyl sites for hydroxylation is 1. The zero-order valence-electron chi connectivity index (χ0n) is 11.5. The summed E-state index contributed by atoms with van der Waals surface area (Å²) in [4.78, 5) is 21.9. The molecule has 0 bridgehead atoms. The number of carbonyl (C=O) groups excluding carboxylic acids is 2. The summed E-state index contributed by atoms with van der Waals surface area (Å²) in [6.07, 6.45) is 1.60. The first-order valence-electron chi connectivity index (χ1n) is 6.13. The van der Waals surface area contributed by atoms with E-state index in [9.17, 15) is 9.59 Å². The van der Waals surface area contributed by atoms with Gasteiger partial charge in [-0.3, -0.25) is 9.59 Å². The van der Waals surface area contributed by atoms with Crippen LogP contribution in [0.4, 0.5) is 5.69 Å². The molecule has 1 aromatic rings. The van der Waals surface area contributed by atoms with Gasteiger partial charge in [-0.05, 0) is 38.5 Å². The van der Waals surface area contributed by atoms with Crippen LogP contribution in [-0.2, 0) is 14.3 Å². The molecule has 0 fully saturated rings. The Kier molecular flexibility index (Phi) is 5.79. The van der Waals surface area contributed by atoms with Crippen LogP contribution in [0.5, 0.6) is 0 Å². The standard InChI is InChI=1S/C15H19NO3/c1-11-6-4-5-7-14(11)16-12(2)8-9-19-15(18)10-13(3)17/h4-8,16H,9-10H2,1-3H3. The van der Waals surface area contributed by atoms with Gasteiger partial charge in [-0.15, -0.1) is 0 Å². The number of esters is 1. The summed E-state index contributed by atoms with van der Waals surface area (Å²) < 4.78 is 4.92. The lowest BCUT2D eigenvalue weighted by molar-refractivity contribution is -0.144. The number of carbonyl (C=O) groups is 2. The molecule has 1 aromatic carbocycles. The van der Waals surface area contributed by atoms with E-state index in [1.807, 2.05) is 38.1 Å². The Morgan fingerprint density at radius 1 is 1.26 bits per heavy atom. The third-order valence-corrected chi connectivity index (χ3v) is 2.50. The average Bonchev–Trinajstić information content (AvgIpc) is 2.31. The highest BCUT2D eigenvalue weighted by Crippen LogP contribution is 2.15. The highest BCUT2D eigenvalue weighted by Gasteiger charge is 2.05. The van der Waals surface area contributed by atoms with E-state index in [2.05, 4.69) is 5.32 Å². The summed E-state index contributed by atoms with van der Waals surface area (Å²) in [6.45, 7) is 5.44. The second-order valence-corrected chi connectivity index (χ2v) is 4.39. The van der Waals surface area contributed by atoms with Crippen molar-refractivity contribution in [3.63, 3.8) is 0 Å². The minimum atomic E-state index is -0.493. The second-order valence-electron chi connectivity index (χ2n) is 4.39. The summed E-state index contributed by atoms with van der Waals surface area (Å²) in [5.74, 6) is -0.684. The van der Waals surface area contributed by atoms with Crippen LogP contribution in [0, 0.1) is 6.92 Å². The third-order valence-electron chi connectivity index (χ3n) is 2.50. The molecule has 0 amide bonds. The van der Waals surface area contributed by atoms with E-state index in [-0.39, 0.29) is 18.8 Å². The van der Waals surface area contributed by atoms with E-state index in [0.29, 0.717) is 0 Å². The minimum absolute atomic E-state index is 0.164. The Morgan fingerprint density at radius 2 is 1.95 bits per heavy atom. The Morgan fingerprint density at radius 3 is 2.58 bits per heavy atom. The summed E-state index contributed by atoms with van der Waals surface area (Å²) in [6, 6.07) is 7.93. The van der Waals surface area contributed by atoms with Gasteiger partial charge in [0, 0.05) is 11.4 Å². The molecule has 0 unspecified atom stereocenters. The molecule has 1 rings (SSSR count). The van der Waals surface area contributed by atoms with Crippen molar-refractivity contribution in [1.29, 1.82) is 0 Å². The van der Waals surface area contributed by atoms with Crippen LogP contribution < -0.4 is 5.32 Å². The van der Waals surface area contributed by atoms with E-state index in [1.165, 1.54) is 6.92 Å². The van der Waals surface area contributed by atoms with Crippen LogP contribution in [-0.4, -0.2) is 18.4 Å². The van der Waals surface area contributed by atoms with Gasteiger partial charge >= 0.3 is 5.97 Å². The van der Waals surface area contributed by atoms with Crippen molar-refractivity contribution in [2.45, 2.75) is 27.2 Å². The van der Waals surface area contributed by atoms with Gasteiger partial charge in [0.05, 0.1) is 0 Å². The predicted octanol–water partition coefficient (Wildman–Crippen LogP) is 2.83. The van der Waals surface area contributed by atoms with Crippen LogP contribution in [0.1, 0.15) is 25.8 Å². The van der Waals surface area contributed by atoms with Gasteiger partial charge in [0.1, 0.15) is 18.8 Å². The second kappa shape index (κ2) is 7.36. The number of hydrogen-bond acceptors (Lipinski definition) is 4. The van der Waals surface area contributed by atoms with Crippen LogP contribution in [0.15, 0.2) is 36.0 Å². The maximum atomic E-state index is 11.2. The van der Waals surface area contributed by atoms with Gasteiger partial charge in [-0.25, -0.2) is 0 Å². The van der Waals surface area contributed by atoms with Crippen LogP contribution in [0.3, 0.4) is 0 Å². The average molecular weight is 261 g/mol. The molecular formula is C15H19NO3. The molecule has 19 heavy (non-hydrogen) atoms. The minimum Gasteiger partial charge on any atom is -0.461 e. The number of ketones is 1. The third kappa shape index (κ3) is 5.86. The summed E-state index contributed by atoms with van der Waals surface area (Å²) in [7, 11) is 0. The monoisotopic (exact) mass is 261 g/mol. The number of nitrogens with one attached hydrogen (secondary N) is 1. The molecule has 0 aliphatic rings. The van der Waals surface area contributed by atoms with Gasteiger partial charge in [0.15, 0.2) is 0 Å². The summed E-state index contributed by atoms with van der Waals surface area (Å²) in [5.41, 5.74) is 3.06. The number of anilines is 1. The van der Waals surface area contributed by atoms with Crippen molar-refractivity contribution in [2.24, 2.45) is 0 Å². The number of hydrogen-bond donors (Lipinski definition) is 1. The van der Waals surface area contributed by atoms with Gasteiger partial charge in [-0.2, -0.15) is 0 Å². The van der Waals surface area contributed by atoms with Crippen molar-refractivity contribution < 1.29 is 14.3 Å². The molecule has 0 spiro atoms. The number of para-hydroxylation sites is 1. The Hall–Kier alpha value is -2.10. The van der Waals surface area contributed by atoms with Crippen LogP contribution in [0.25, 0.3) is 0 Å². The van der Waals surface area contributed by atoms with E-state index in [1.54, 1.807) is 6.08 Å². The molecule has 4 heteroatoms. The molecule has 0 aliphatic heterocycles. The number of rotatable bonds is 6. The molecule has 0 heterocycles. The summed E-state index contributed by atoms with van der Waals surface area (Å²) >= 11 is 0. The van der Waals surface area contributed by atoms with E-state index < -0.39 is 5.97 Å². The normalized spacial score (nSPS) is 11.0. The Balaban J connectivity index is 2.44. The van der Waals surface area contributed by atoms with E-state index >= 15 is 0 Å². The number of allylic oxidation sites excluding steroid dienone is 1. The fraction of sp³-hybridized carbons (Fsp3) is 0.333. The molecular weight excluding hydrogens is 242 g/mol. The van der Waals surface area contributed by atoms with Crippen molar-refractivity contribution in [2.75, 3.05) is 11.9 Å². The quantitative estimate of drug-likeness (QED) is 0.632. The van der Waals surface area contributed by atoms with Gasteiger partial charge < -0.3 is 10.1 Å². The Bertz CT molecular complexity index is 492.